The molecule has 0 aliphatic heterocycles. The van der Waals surface area contributed by atoms with Crippen LogP contribution in [-0.4, -0.2) is 56.1 Å². The third-order valence-electron chi connectivity index (χ3n) is 5.47. The highest BCUT2D eigenvalue weighted by Crippen LogP contribution is 2.31. The van der Waals surface area contributed by atoms with E-state index in [0.29, 0.717) is 42.5 Å². The second-order valence-corrected chi connectivity index (χ2v) is 10.0. The van der Waals surface area contributed by atoms with Crippen molar-refractivity contribution in [2.45, 2.75) is 56.5 Å². The third-order valence-corrected chi connectivity index (χ3v) is 6.99. The molecule has 1 saturated carbocycles. The lowest BCUT2D eigenvalue weighted by Crippen LogP contribution is -2.38. The van der Waals surface area contributed by atoms with Crippen LogP contribution in [0.4, 0.5) is 0 Å². The summed E-state index contributed by atoms with van der Waals surface area (Å²) < 4.78 is 40.5. The standard InChI is InChI=1S/C21H31N5O5S/c1-14(2)12-22-21(27)18-13-26(25-23-18)16-7-5-15(6-8-16)24-32(28,29)17-9-10-19(30-3)20(11-17)31-4/h9-11,13-16,24H,5-8,12H2,1-4H3,(H,22,27). The first-order chi connectivity index (χ1) is 15.2. The van der Waals surface area contributed by atoms with E-state index in [1.54, 1.807) is 16.9 Å². The largest absolute Gasteiger partial charge is 0.493 e. The summed E-state index contributed by atoms with van der Waals surface area (Å²) >= 11 is 0. The van der Waals surface area contributed by atoms with Crippen LogP contribution in [0.3, 0.4) is 0 Å². The Morgan fingerprint density at radius 3 is 2.47 bits per heavy atom. The zero-order valence-electron chi connectivity index (χ0n) is 18.9. The van der Waals surface area contributed by atoms with Gasteiger partial charge in [0.15, 0.2) is 17.2 Å². The Kier molecular flexibility index (Phi) is 7.73. The van der Waals surface area contributed by atoms with E-state index in [1.165, 1.54) is 26.4 Å². The van der Waals surface area contributed by atoms with Gasteiger partial charge in [-0.3, -0.25) is 4.79 Å². The molecule has 1 aromatic heterocycles. The number of nitrogens with one attached hydrogen (secondary N) is 2. The van der Waals surface area contributed by atoms with E-state index >= 15 is 0 Å². The predicted octanol–water partition coefficient (Wildman–Crippen LogP) is 2.14. The Morgan fingerprint density at radius 1 is 1.16 bits per heavy atom. The monoisotopic (exact) mass is 465 g/mol. The lowest BCUT2D eigenvalue weighted by atomic mass is 9.92. The number of sulfonamides is 1. The number of aromatic nitrogens is 3. The van der Waals surface area contributed by atoms with Gasteiger partial charge in [0.2, 0.25) is 10.0 Å². The van der Waals surface area contributed by atoms with Crippen LogP contribution in [0.1, 0.15) is 56.1 Å². The highest BCUT2D eigenvalue weighted by Gasteiger charge is 2.28. The molecule has 3 rings (SSSR count). The molecular weight excluding hydrogens is 434 g/mol. The Hall–Kier alpha value is -2.66. The summed E-state index contributed by atoms with van der Waals surface area (Å²) in [7, 11) is -0.730. The van der Waals surface area contributed by atoms with E-state index < -0.39 is 10.0 Å². The maximum absolute atomic E-state index is 12.8. The molecule has 32 heavy (non-hydrogen) atoms. The highest BCUT2D eigenvalue weighted by atomic mass is 32.2. The predicted molar refractivity (Wildman–Crippen MR) is 118 cm³/mol. The minimum absolute atomic E-state index is 0.0796. The topological polar surface area (TPSA) is 124 Å². The highest BCUT2D eigenvalue weighted by molar-refractivity contribution is 7.89. The van der Waals surface area contributed by atoms with Crippen LogP contribution in [0, 0.1) is 5.92 Å². The Balaban J connectivity index is 1.57. The maximum Gasteiger partial charge on any atom is 0.273 e. The van der Waals surface area contributed by atoms with Crippen molar-refractivity contribution in [3.63, 3.8) is 0 Å². The number of ether oxygens (including phenoxy) is 2. The van der Waals surface area contributed by atoms with Gasteiger partial charge in [-0.15, -0.1) is 5.10 Å². The average molecular weight is 466 g/mol. The quantitative estimate of drug-likeness (QED) is 0.581. The van der Waals surface area contributed by atoms with Crippen molar-refractivity contribution in [1.29, 1.82) is 0 Å². The number of carbonyl (C=O) groups excluding carboxylic acids is 1. The van der Waals surface area contributed by atoms with E-state index in [0.717, 1.165) is 12.8 Å². The van der Waals surface area contributed by atoms with E-state index in [2.05, 4.69) is 20.4 Å². The number of hydrogen-bond acceptors (Lipinski definition) is 7. The number of methoxy groups -OCH3 is 2. The van der Waals surface area contributed by atoms with E-state index in [-0.39, 0.29) is 22.9 Å². The molecule has 176 valence electrons. The van der Waals surface area contributed by atoms with Crippen LogP contribution >= 0.6 is 0 Å². The first-order valence-corrected chi connectivity index (χ1v) is 12.2. The van der Waals surface area contributed by atoms with Crippen LogP contribution in [0.15, 0.2) is 29.3 Å². The third kappa shape index (κ3) is 5.77. The molecule has 0 radical (unpaired) electrons. The molecule has 10 nitrogen and oxygen atoms in total. The fraction of sp³-hybridized carbons (Fsp3) is 0.571. The Labute approximate surface area is 188 Å². The summed E-state index contributed by atoms with van der Waals surface area (Å²) in [6.07, 6.45) is 4.44. The van der Waals surface area contributed by atoms with Crippen molar-refractivity contribution < 1.29 is 22.7 Å². The normalized spacial score (nSPS) is 19.0. The second kappa shape index (κ2) is 10.3. The first-order valence-electron chi connectivity index (χ1n) is 10.7. The van der Waals surface area contributed by atoms with Crippen molar-refractivity contribution in [3.05, 3.63) is 30.1 Å². The van der Waals surface area contributed by atoms with Gasteiger partial charge in [-0.2, -0.15) is 0 Å². The molecule has 1 aliphatic carbocycles. The fourth-order valence-corrected chi connectivity index (χ4v) is 5.00. The number of carbonyl (C=O) groups is 1. The fourth-order valence-electron chi connectivity index (χ4n) is 3.68. The van der Waals surface area contributed by atoms with Crippen molar-refractivity contribution >= 4 is 15.9 Å². The SMILES string of the molecule is COc1ccc(S(=O)(=O)NC2CCC(n3cc(C(=O)NCC(C)C)nn3)CC2)cc1OC. The molecule has 0 unspecified atom stereocenters. The molecule has 0 spiro atoms. The van der Waals surface area contributed by atoms with Gasteiger partial charge >= 0.3 is 0 Å². The van der Waals surface area contributed by atoms with E-state index in [9.17, 15) is 13.2 Å². The lowest BCUT2D eigenvalue weighted by Gasteiger charge is -2.28. The van der Waals surface area contributed by atoms with Gasteiger partial charge in [0.05, 0.1) is 31.4 Å². The summed E-state index contributed by atoms with van der Waals surface area (Å²) in [6.45, 7) is 4.63. The molecule has 1 aromatic carbocycles. The smallest absolute Gasteiger partial charge is 0.273 e. The van der Waals surface area contributed by atoms with Gasteiger partial charge < -0.3 is 14.8 Å². The molecule has 0 atom stereocenters. The van der Waals surface area contributed by atoms with Crippen molar-refractivity contribution in [2.75, 3.05) is 20.8 Å². The van der Waals surface area contributed by atoms with Gasteiger partial charge in [-0.05, 0) is 43.7 Å². The average Bonchev–Trinajstić information content (AvgIpc) is 3.27. The number of amides is 1. The Morgan fingerprint density at radius 2 is 1.84 bits per heavy atom. The number of nitrogens with zero attached hydrogens (tertiary/aromatic N) is 3. The van der Waals surface area contributed by atoms with Gasteiger partial charge in [0.25, 0.3) is 5.91 Å². The van der Waals surface area contributed by atoms with Crippen LogP contribution in [0.2, 0.25) is 0 Å². The summed E-state index contributed by atoms with van der Waals surface area (Å²) in [4.78, 5) is 12.3. The minimum atomic E-state index is -3.69. The van der Waals surface area contributed by atoms with Crippen molar-refractivity contribution in [2.24, 2.45) is 5.92 Å². The van der Waals surface area contributed by atoms with Crippen molar-refractivity contribution in [3.8, 4) is 11.5 Å². The molecule has 2 aromatic rings. The lowest BCUT2D eigenvalue weighted by molar-refractivity contribution is 0.0944. The summed E-state index contributed by atoms with van der Waals surface area (Å²) in [5, 5.41) is 10.9. The van der Waals surface area contributed by atoms with Crippen LogP contribution in [-0.2, 0) is 10.0 Å². The van der Waals surface area contributed by atoms with Gasteiger partial charge in [-0.1, -0.05) is 19.1 Å². The molecule has 1 heterocycles. The van der Waals surface area contributed by atoms with Crippen LogP contribution < -0.4 is 19.5 Å². The first kappa shape index (κ1) is 24.0. The summed E-state index contributed by atoms with van der Waals surface area (Å²) in [5.41, 5.74) is 0.293. The van der Waals surface area contributed by atoms with Gasteiger partial charge in [-0.25, -0.2) is 17.8 Å². The second-order valence-electron chi connectivity index (χ2n) is 8.33. The van der Waals surface area contributed by atoms with Gasteiger partial charge in [0, 0.05) is 18.7 Å². The molecular formula is C21H31N5O5S. The minimum Gasteiger partial charge on any atom is -0.493 e. The summed E-state index contributed by atoms with van der Waals surface area (Å²) in [6, 6.07) is 4.42. The zero-order chi connectivity index (χ0) is 23.3. The number of benzene rings is 1. The molecule has 11 heteroatoms. The van der Waals surface area contributed by atoms with Crippen molar-refractivity contribution in [1.82, 2.24) is 25.0 Å². The molecule has 1 amide bonds. The number of hydrogen-bond donors (Lipinski definition) is 2. The van der Waals surface area contributed by atoms with E-state index in [4.69, 9.17) is 9.47 Å². The molecule has 0 bridgehead atoms. The Bertz CT molecular complexity index is 1030. The summed E-state index contributed by atoms with van der Waals surface area (Å²) in [5.74, 6) is 0.948. The molecule has 0 saturated heterocycles. The van der Waals surface area contributed by atoms with Crippen LogP contribution in [0.5, 0.6) is 11.5 Å². The maximum atomic E-state index is 12.8. The number of rotatable bonds is 9. The molecule has 2 N–H and O–H groups in total. The molecule has 1 fully saturated rings. The van der Waals surface area contributed by atoms with Gasteiger partial charge in [0.1, 0.15) is 0 Å². The van der Waals surface area contributed by atoms with E-state index in [1.807, 2.05) is 13.8 Å². The molecule has 1 aliphatic rings. The zero-order valence-corrected chi connectivity index (χ0v) is 19.7. The van der Waals surface area contributed by atoms with Crippen LogP contribution in [0.25, 0.3) is 0 Å².